The molecule has 27 heavy (non-hydrogen) atoms. The fourth-order valence-corrected chi connectivity index (χ4v) is 3.37. The number of benzene rings is 1. The smallest absolute Gasteiger partial charge is 0.171 e. The van der Waals surface area contributed by atoms with Crippen LogP contribution in [0.4, 0.5) is 5.69 Å². The molecule has 0 spiro atoms. The number of nitrogens with zero attached hydrogens (tertiary/aromatic N) is 4. The number of rotatable bonds is 5. The summed E-state index contributed by atoms with van der Waals surface area (Å²) in [6.07, 6.45) is 1.90. The number of halogens is 2. The Labute approximate surface area is 173 Å². The summed E-state index contributed by atoms with van der Waals surface area (Å²) in [5, 5.41) is 17.1. The van der Waals surface area contributed by atoms with Crippen molar-refractivity contribution in [1.82, 2.24) is 24.9 Å². The van der Waals surface area contributed by atoms with Crippen LogP contribution in [0.5, 0.6) is 0 Å². The van der Waals surface area contributed by atoms with E-state index < -0.39 is 0 Å². The molecule has 2 aromatic heterocycles. The molecule has 6 nitrogen and oxygen atoms in total. The number of anilines is 1. The molecule has 0 aliphatic carbocycles. The normalized spacial score (nSPS) is 10.9. The Bertz CT molecular complexity index is 978. The zero-order chi connectivity index (χ0) is 19.6. The van der Waals surface area contributed by atoms with Gasteiger partial charge in [0.15, 0.2) is 5.11 Å². The Hall–Kier alpha value is -2.09. The predicted molar refractivity (Wildman–Crippen MR) is 114 cm³/mol. The molecule has 0 bridgehead atoms. The highest BCUT2D eigenvalue weighted by molar-refractivity contribution is 7.80. The molecule has 0 fully saturated rings. The monoisotopic (exact) mass is 422 g/mol. The molecule has 0 radical (unpaired) electrons. The van der Waals surface area contributed by atoms with E-state index in [-0.39, 0.29) is 0 Å². The Morgan fingerprint density at radius 2 is 1.96 bits per heavy atom. The molecule has 0 saturated heterocycles. The third kappa shape index (κ3) is 4.80. The quantitative estimate of drug-likeness (QED) is 0.606. The van der Waals surface area contributed by atoms with Crippen molar-refractivity contribution < 1.29 is 0 Å². The molecule has 0 unspecified atom stereocenters. The fraction of sp³-hybridized carbons (Fsp3) is 0.278. The topological polar surface area (TPSA) is 59.7 Å². The third-order valence-corrected chi connectivity index (χ3v) is 4.99. The van der Waals surface area contributed by atoms with Crippen LogP contribution in [0.3, 0.4) is 0 Å². The summed E-state index contributed by atoms with van der Waals surface area (Å²) in [6, 6.07) is 7.41. The zero-order valence-electron chi connectivity index (χ0n) is 15.3. The summed E-state index contributed by atoms with van der Waals surface area (Å²) in [7, 11) is 1.88. The summed E-state index contributed by atoms with van der Waals surface area (Å²) >= 11 is 17.7. The standard InChI is InChI=1S/C18H20Cl2N6S/c1-11-17(22-18(27)21-9-15-6-7-25(3)24-15)12(2)26(23-11)10-13-4-5-14(19)8-16(13)20/h4-8H,9-10H2,1-3H3,(H2,21,22,27). The number of nitrogens with one attached hydrogen (secondary N) is 2. The molecule has 9 heteroatoms. The van der Waals surface area contributed by atoms with E-state index in [0.717, 1.165) is 28.3 Å². The molecule has 0 amide bonds. The van der Waals surface area contributed by atoms with Gasteiger partial charge in [0.2, 0.25) is 0 Å². The minimum Gasteiger partial charge on any atom is -0.357 e. The van der Waals surface area contributed by atoms with Crippen LogP contribution in [-0.4, -0.2) is 24.7 Å². The van der Waals surface area contributed by atoms with Crippen molar-refractivity contribution in [2.75, 3.05) is 5.32 Å². The van der Waals surface area contributed by atoms with E-state index in [1.165, 1.54) is 0 Å². The van der Waals surface area contributed by atoms with Gasteiger partial charge in [-0.05, 0) is 49.8 Å². The Morgan fingerprint density at radius 1 is 1.19 bits per heavy atom. The molecule has 2 heterocycles. The summed E-state index contributed by atoms with van der Waals surface area (Å²) in [4.78, 5) is 0. The molecule has 1 aromatic carbocycles. The number of aryl methyl sites for hydroxylation is 2. The van der Waals surface area contributed by atoms with Crippen molar-refractivity contribution in [3.8, 4) is 0 Å². The third-order valence-electron chi connectivity index (χ3n) is 4.15. The van der Waals surface area contributed by atoms with Gasteiger partial charge in [-0.25, -0.2) is 0 Å². The van der Waals surface area contributed by atoms with E-state index in [4.69, 9.17) is 35.4 Å². The number of thiocarbonyl (C=S) groups is 1. The Balaban J connectivity index is 1.68. The first-order valence-electron chi connectivity index (χ1n) is 8.35. The summed E-state index contributed by atoms with van der Waals surface area (Å²) in [5.74, 6) is 0. The molecular formula is C18H20Cl2N6S. The molecule has 2 N–H and O–H groups in total. The van der Waals surface area contributed by atoms with Crippen LogP contribution in [0.2, 0.25) is 10.0 Å². The lowest BCUT2D eigenvalue weighted by atomic mass is 10.2. The molecule has 3 rings (SSSR count). The molecular weight excluding hydrogens is 403 g/mol. The van der Waals surface area contributed by atoms with Gasteiger partial charge in [0.05, 0.1) is 35.9 Å². The second kappa shape index (κ2) is 8.29. The molecule has 0 atom stereocenters. The van der Waals surface area contributed by atoms with Crippen molar-refractivity contribution >= 4 is 46.2 Å². The van der Waals surface area contributed by atoms with Gasteiger partial charge in [0.1, 0.15) is 0 Å². The molecule has 0 saturated carbocycles. The van der Waals surface area contributed by atoms with Crippen LogP contribution >= 0.6 is 35.4 Å². The van der Waals surface area contributed by atoms with E-state index in [0.29, 0.717) is 28.2 Å². The van der Waals surface area contributed by atoms with Crippen molar-refractivity contribution in [3.05, 3.63) is 63.2 Å². The van der Waals surface area contributed by atoms with E-state index in [9.17, 15) is 0 Å². The average Bonchev–Trinajstić information content (AvgIpc) is 3.14. The highest BCUT2D eigenvalue weighted by atomic mass is 35.5. The maximum absolute atomic E-state index is 6.28. The second-order valence-electron chi connectivity index (χ2n) is 6.23. The molecule has 0 aliphatic rings. The van der Waals surface area contributed by atoms with Crippen LogP contribution in [0, 0.1) is 13.8 Å². The van der Waals surface area contributed by atoms with Gasteiger partial charge < -0.3 is 10.6 Å². The minimum absolute atomic E-state index is 0.524. The lowest BCUT2D eigenvalue weighted by molar-refractivity contribution is 0.659. The summed E-state index contributed by atoms with van der Waals surface area (Å²) in [6.45, 7) is 5.04. The van der Waals surface area contributed by atoms with Crippen LogP contribution in [0.1, 0.15) is 22.6 Å². The highest BCUT2D eigenvalue weighted by Gasteiger charge is 2.14. The van der Waals surface area contributed by atoms with Gasteiger partial charge in [-0.3, -0.25) is 9.36 Å². The SMILES string of the molecule is Cc1nn(Cc2ccc(Cl)cc2Cl)c(C)c1NC(=S)NCc1ccn(C)n1. The maximum Gasteiger partial charge on any atom is 0.171 e. The second-order valence-corrected chi connectivity index (χ2v) is 7.48. The van der Waals surface area contributed by atoms with Crippen molar-refractivity contribution in [2.24, 2.45) is 7.05 Å². The van der Waals surface area contributed by atoms with Gasteiger partial charge in [0.25, 0.3) is 0 Å². The Morgan fingerprint density at radius 3 is 2.63 bits per heavy atom. The van der Waals surface area contributed by atoms with E-state index >= 15 is 0 Å². The number of hydrogen-bond donors (Lipinski definition) is 2. The average molecular weight is 423 g/mol. The Kier molecular flexibility index (Phi) is 6.04. The number of aromatic nitrogens is 4. The molecule has 142 valence electrons. The molecule has 3 aromatic rings. The molecule has 0 aliphatic heterocycles. The minimum atomic E-state index is 0.524. The predicted octanol–water partition coefficient (Wildman–Crippen LogP) is 4.08. The van der Waals surface area contributed by atoms with Gasteiger partial charge in [-0.15, -0.1) is 0 Å². The van der Waals surface area contributed by atoms with Crippen molar-refractivity contribution in [3.63, 3.8) is 0 Å². The largest absolute Gasteiger partial charge is 0.357 e. The van der Waals surface area contributed by atoms with E-state index in [2.05, 4.69) is 20.8 Å². The van der Waals surface area contributed by atoms with Gasteiger partial charge in [-0.2, -0.15) is 10.2 Å². The summed E-state index contributed by atoms with van der Waals surface area (Å²) < 4.78 is 3.65. The van der Waals surface area contributed by atoms with Crippen LogP contribution in [0.25, 0.3) is 0 Å². The number of hydrogen-bond acceptors (Lipinski definition) is 3. The van der Waals surface area contributed by atoms with E-state index in [1.54, 1.807) is 10.7 Å². The van der Waals surface area contributed by atoms with Crippen LogP contribution in [-0.2, 0) is 20.1 Å². The zero-order valence-corrected chi connectivity index (χ0v) is 17.6. The summed E-state index contributed by atoms with van der Waals surface area (Å²) in [5.41, 5.74) is 4.59. The lowest BCUT2D eigenvalue weighted by Gasteiger charge is -2.11. The maximum atomic E-state index is 6.28. The first-order chi connectivity index (χ1) is 12.8. The lowest BCUT2D eigenvalue weighted by Crippen LogP contribution is -2.28. The van der Waals surface area contributed by atoms with Gasteiger partial charge in [0, 0.05) is 23.3 Å². The van der Waals surface area contributed by atoms with Gasteiger partial charge in [-0.1, -0.05) is 29.3 Å². The fourth-order valence-electron chi connectivity index (χ4n) is 2.73. The van der Waals surface area contributed by atoms with E-state index in [1.807, 2.05) is 50.0 Å². The highest BCUT2D eigenvalue weighted by Crippen LogP contribution is 2.25. The van der Waals surface area contributed by atoms with Gasteiger partial charge >= 0.3 is 0 Å². The van der Waals surface area contributed by atoms with Crippen LogP contribution in [0.15, 0.2) is 30.5 Å². The van der Waals surface area contributed by atoms with Crippen LogP contribution < -0.4 is 10.6 Å². The van der Waals surface area contributed by atoms with Crippen molar-refractivity contribution in [2.45, 2.75) is 26.9 Å². The van der Waals surface area contributed by atoms with Crippen molar-refractivity contribution in [1.29, 1.82) is 0 Å². The first kappa shape index (κ1) is 19.7. The first-order valence-corrected chi connectivity index (χ1v) is 9.51.